The molecule has 3 rings (SSSR count). The molecule has 30 heavy (non-hydrogen) atoms. The first-order valence-corrected chi connectivity index (χ1v) is 9.97. The molecule has 0 aliphatic carbocycles. The summed E-state index contributed by atoms with van der Waals surface area (Å²) in [5, 5.41) is 11.9. The van der Waals surface area contributed by atoms with Crippen LogP contribution in [-0.2, 0) is 0 Å². The lowest BCUT2D eigenvalue weighted by atomic mass is 10.0. The van der Waals surface area contributed by atoms with E-state index in [0.717, 1.165) is 31.6 Å². The van der Waals surface area contributed by atoms with Crippen LogP contribution in [0.4, 0.5) is 28.0 Å². The fraction of sp³-hybridized carbons (Fsp3) is 0.600. The van der Waals surface area contributed by atoms with Gasteiger partial charge in [-0.3, -0.25) is 4.90 Å². The summed E-state index contributed by atoms with van der Waals surface area (Å²) in [6.45, 7) is 1.30. The number of halogens is 4. The summed E-state index contributed by atoms with van der Waals surface area (Å²) >= 11 is 0. The molecule has 6 nitrogen and oxygen atoms in total. The Morgan fingerprint density at radius 2 is 1.70 bits per heavy atom. The van der Waals surface area contributed by atoms with Gasteiger partial charge in [0, 0.05) is 51.0 Å². The molecule has 0 aromatic heterocycles. The van der Waals surface area contributed by atoms with Crippen LogP contribution in [0.2, 0.25) is 0 Å². The molecule has 1 aromatic rings. The minimum absolute atomic E-state index is 0.0216. The quantitative estimate of drug-likeness (QED) is 0.735. The molecule has 0 saturated carbocycles. The summed E-state index contributed by atoms with van der Waals surface area (Å²) in [6, 6.07) is 9.25. The van der Waals surface area contributed by atoms with Crippen LogP contribution < -0.4 is 10.2 Å². The fourth-order valence-corrected chi connectivity index (χ4v) is 3.77. The van der Waals surface area contributed by atoms with Gasteiger partial charge in [-0.05, 0) is 37.1 Å². The van der Waals surface area contributed by atoms with E-state index in [-0.39, 0.29) is 38.3 Å². The first-order chi connectivity index (χ1) is 14.3. The predicted octanol–water partition coefficient (Wildman–Crippen LogP) is 2.75. The van der Waals surface area contributed by atoms with Gasteiger partial charge in [0.1, 0.15) is 0 Å². The monoisotopic (exact) mass is 427 g/mol. The molecule has 10 heteroatoms. The van der Waals surface area contributed by atoms with Crippen LogP contribution in [0.15, 0.2) is 24.3 Å². The number of piperazine rings is 1. The van der Waals surface area contributed by atoms with Crippen molar-refractivity contribution in [3.63, 3.8) is 0 Å². The van der Waals surface area contributed by atoms with Crippen molar-refractivity contribution in [2.45, 2.75) is 31.2 Å². The Kier molecular flexibility index (Phi) is 7.02. The van der Waals surface area contributed by atoms with E-state index in [1.807, 2.05) is 12.1 Å². The summed E-state index contributed by atoms with van der Waals surface area (Å²) in [6.07, 6.45) is -2.15. The highest BCUT2D eigenvalue weighted by Crippen LogP contribution is 2.24. The van der Waals surface area contributed by atoms with Crippen LogP contribution in [0.25, 0.3) is 0 Å². The lowest BCUT2D eigenvalue weighted by Gasteiger charge is -2.38. The number of hydrogen-bond acceptors (Lipinski definition) is 4. The minimum atomic E-state index is -4.03. The molecule has 0 atom stereocenters. The standard InChI is InChI=1S/C20H25F4N5O/c21-18(22)20(23,24)14-27-9-11-29(12-10-27)19(30)26-16-5-7-28(8-6-16)17-3-1-15(13-25)2-4-17/h1-4,16,18H,5-12,14H2,(H,26,30). The normalized spacial score (nSPS) is 19.1. The topological polar surface area (TPSA) is 62.6 Å². The molecule has 0 bridgehead atoms. The molecule has 0 unspecified atom stereocenters. The van der Waals surface area contributed by atoms with Crippen molar-refractivity contribution in [1.29, 1.82) is 5.26 Å². The van der Waals surface area contributed by atoms with E-state index in [9.17, 15) is 22.4 Å². The number of urea groups is 1. The molecular formula is C20H25F4N5O. The largest absolute Gasteiger partial charge is 0.371 e. The maximum Gasteiger partial charge on any atom is 0.319 e. The molecule has 0 radical (unpaired) electrons. The van der Waals surface area contributed by atoms with Gasteiger partial charge in [0.2, 0.25) is 0 Å². The Bertz CT molecular complexity index is 751. The number of alkyl halides is 4. The Hall–Kier alpha value is -2.54. The average Bonchev–Trinajstić information content (AvgIpc) is 2.74. The number of amides is 2. The summed E-state index contributed by atoms with van der Waals surface area (Å²) < 4.78 is 51.0. The van der Waals surface area contributed by atoms with E-state index >= 15 is 0 Å². The maximum absolute atomic E-state index is 13.2. The lowest BCUT2D eigenvalue weighted by molar-refractivity contribution is -0.144. The van der Waals surface area contributed by atoms with Crippen LogP contribution in [0.1, 0.15) is 18.4 Å². The predicted molar refractivity (Wildman–Crippen MR) is 104 cm³/mol. The first kappa shape index (κ1) is 22.2. The smallest absolute Gasteiger partial charge is 0.319 e. The van der Waals surface area contributed by atoms with Crippen LogP contribution in [-0.4, -0.2) is 80.0 Å². The summed E-state index contributed by atoms with van der Waals surface area (Å²) in [5.74, 6) is -4.03. The summed E-state index contributed by atoms with van der Waals surface area (Å²) in [5.41, 5.74) is 1.65. The molecular weight excluding hydrogens is 402 g/mol. The Morgan fingerprint density at radius 1 is 1.10 bits per heavy atom. The van der Waals surface area contributed by atoms with Gasteiger partial charge in [0.05, 0.1) is 18.2 Å². The zero-order valence-electron chi connectivity index (χ0n) is 16.5. The maximum atomic E-state index is 13.2. The van der Waals surface area contributed by atoms with Gasteiger partial charge in [-0.15, -0.1) is 0 Å². The van der Waals surface area contributed by atoms with Gasteiger partial charge in [-0.2, -0.15) is 14.0 Å². The summed E-state index contributed by atoms with van der Waals surface area (Å²) in [4.78, 5) is 17.5. The van der Waals surface area contributed by atoms with E-state index in [4.69, 9.17) is 5.26 Å². The molecule has 2 heterocycles. The van der Waals surface area contributed by atoms with Crippen LogP contribution in [0.5, 0.6) is 0 Å². The lowest BCUT2D eigenvalue weighted by Crippen LogP contribution is -2.56. The number of nitrogens with one attached hydrogen (secondary N) is 1. The molecule has 164 valence electrons. The highest BCUT2D eigenvalue weighted by molar-refractivity contribution is 5.74. The zero-order valence-corrected chi connectivity index (χ0v) is 16.5. The van der Waals surface area contributed by atoms with E-state index in [1.54, 1.807) is 17.0 Å². The van der Waals surface area contributed by atoms with Crippen molar-refractivity contribution in [2.24, 2.45) is 0 Å². The molecule has 2 aliphatic heterocycles. The highest BCUT2D eigenvalue weighted by atomic mass is 19.3. The molecule has 2 fully saturated rings. The van der Waals surface area contributed by atoms with Gasteiger partial charge in [-0.25, -0.2) is 13.6 Å². The minimum Gasteiger partial charge on any atom is -0.371 e. The number of carbonyl (C=O) groups is 1. The molecule has 1 N–H and O–H groups in total. The third kappa shape index (κ3) is 5.53. The van der Waals surface area contributed by atoms with Crippen molar-refractivity contribution in [3.8, 4) is 6.07 Å². The Morgan fingerprint density at radius 3 is 2.23 bits per heavy atom. The van der Waals surface area contributed by atoms with Gasteiger partial charge < -0.3 is 15.1 Å². The van der Waals surface area contributed by atoms with Crippen molar-refractivity contribution in [3.05, 3.63) is 29.8 Å². The van der Waals surface area contributed by atoms with Crippen molar-refractivity contribution in [1.82, 2.24) is 15.1 Å². The van der Waals surface area contributed by atoms with Gasteiger partial charge in [-0.1, -0.05) is 0 Å². The molecule has 1 aromatic carbocycles. The molecule has 2 amide bonds. The number of anilines is 1. The number of carbonyl (C=O) groups excluding carboxylic acids is 1. The second kappa shape index (κ2) is 9.51. The van der Waals surface area contributed by atoms with E-state index in [2.05, 4.69) is 16.3 Å². The van der Waals surface area contributed by atoms with E-state index < -0.39 is 18.9 Å². The third-order valence-corrected chi connectivity index (χ3v) is 5.60. The van der Waals surface area contributed by atoms with Crippen LogP contribution in [0.3, 0.4) is 0 Å². The summed E-state index contributed by atoms with van der Waals surface area (Å²) in [7, 11) is 0. The van der Waals surface area contributed by atoms with Crippen molar-refractivity contribution < 1.29 is 22.4 Å². The number of piperidine rings is 1. The van der Waals surface area contributed by atoms with Gasteiger partial charge in [0.25, 0.3) is 0 Å². The molecule has 0 spiro atoms. The number of rotatable bonds is 5. The van der Waals surface area contributed by atoms with Crippen molar-refractivity contribution in [2.75, 3.05) is 50.7 Å². The van der Waals surface area contributed by atoms with Crippen molar-refractivity contribution >= 4 is 11.7 Å². The Balaban J connectivity index is 1.40. The SMILES string of the molecule is N#Cc1ccc(N2CCC(NC(=O)N3CCN(CC(F)(F)C(F)F)CC3)CC2)cc1. The Labute approximate surface area is 173 Å². The number of nitrogens with zero attached hydrogens (tertiary/aromatic N) is 4. The zero-order chi connectivity index (χ0) is 21.7. The number of hydrogen-bond donors (Lipinski definition) is 1. The van der Waals surface area contributed by atoms with E-state index in [0.29, 0.717) is 5.56 Å². The molecule has 2 aliphatic rings. The van der Waals surface area contributed by atoms with Gasteiger partial charge in [0.15, 0.2) is 0 Å². The van der Waals surface area contributed by atoms with Crippen LogP contribution >= 0.6 is 0 Å². The molecule has 2 saturated heterocycles. The van der Waals surface area contributed by atoms with Crippen LogP contribution in [0, 0.1) is 11.3 Å². The highest BCUT2D eigenvalue weighted by Gasteiger charge is 2.42. The first-order valence-electron chi connectivity index (χ1n) is 9.97. The van der Waals surface area contributed by atoms with E-state index in [1.165, 1.54) is 4.90 Å². The number of nitriles is 1. The fourth-order valence-electron chi connectivity index (χ4n) is 3.77. The second-order valence-corrected chi connectivity index (χ2v) is 7.69. The third-order valence-electron chi connectivity index (χ3n) is 5.60. The second-order valence-electron chi connectivity index (χ2n) is 7.69. The number of benzene rings is 1. The average molecular weight is 427 g/mol. The van der Waals surface area contributed by atoms with Gasteiger partial charge >= 0.3 is 18.4 Å².